The molecule has 0 saturated heterocycles. The third-order valence-electron chi connectivity index (χ3n) is 3.70. The Morgan fingerprint density at radius 1 is 1.42 bits per heavy atom. The highest BCUT2D eigenvalue weighted by atomic mass is 16.6. The summed E-state index contributed by atoms with van der Waals surface area (Å²) in [5, 5.41) is 10.9. The number of hydrogen-bond acceptors (Lipinski definition) is 4. The maximum Gasteiger partial charge on any atom is 0.292 e. The summed E-state index contributed by atoms with van der Waals surface area (Å²) in [7, 11) is 2.01. The molecule has 0 spiro atoms. The van der Waals surface area contributed by atoms with Crippen molar-refractivity contribution in [3.05, 3.63) is 33.9 Å². The summed E-state index contributed by atoms with van der Waals surface area (Å²) < 4.78 is 0. The van der Waals surface area contributed by atoms with Crippen LogP contribution in [-0.4, -0.2) is 22.9 Å². The molecule has 0 bridgehead atoms. The van der Waals surface area contributed by atoms with Gasteiger partial charge in [-0.25, -0.2) is 0 Å². The fourth-order valence-corrected chi connectivity index (χ4v) is 1.96. The summed E-state index contributed by atoms with van der Waals surface area (Å²) in [6.45, 7) is 9.26. The Bertz CT molecular complexity index is 466. The molecule has 0 saturated carbocycles. The standard InChI is InChI=1S/C14H23N3O2/c1-10(14(2,3)4)16(5)9-11-7-6-8-12(13(11)15)17(18)19/h6-8,10H,9,15H2,1-5H3. The second-order valence-electron chi connectivity index (χ2n) is 6.06. The van der Waals surface area contributed by atoms with E-state index in [1.165, 1.54) is 6.07 Å². The van der Waals surface area contributed by atoms with Gasteiger partial charge in [-0.15, -0.1) is 0 Å². The lowest BCUT2D eigenvalue weighted by molar-refractivity contribution is -0.384. The molecule has 0 amide bonds. The van der Waals surface area contributed by atoms with Crippen LogP contribution >= 0.6 is 0 Å². The van der Waals surface area contributed by atoms with Gasteiger partial charge in [0.15, 0.2) is 0 Å². The lowest BCUT2D eigenvalue weighted by atomic mass is 9.87. The van der Waals surface area contributed by atoms with Gasteiger partial charge in [0.25, 0.3) is 5.69 Å². The van der Waals surface area contributed by atoms with E-state index < -0.39 is 4.92 Å². The van der Waals surface area contributed by atoms with Gasteiger partial charge in [-0.1, -0.05) is 32.9 Å². The minimum atomic E-state index is -0.438. The molecule has 1 atom stereocenters. The molecule has 0 aliphatic carbocycles. The van der Waals surface area contributed by atoms with Crippen molar-refractivity contribution < 1.29 is 4.92 Å². The first-order valence-electron chi connectivity index (χ1n) is 6.36. The molecule has 0 aromatic heterocycles. The molecule has 5 nitrogen and oxygen atoms in total. The SMILES string of the molecule is CC(N(C)Cc1cccc([N+](=O)[O-])c1N)C(C)(C)C. The van der Waals surface area contributed by atoms with Crippen molar-refractivity contribution in [3.8, 4) is 0 Å². The molecule has 1 rings (SSSR count). The van der Waals surface area contributed by atoms with E-state index in [9.17, 15) is 10.1 Å². The van der Waals surface area contributed by atoms with Crippen LogP contribution in [0.3, 0.4) is 0 Å². The number of hydrogen-bond donors (Lipinski definition) is 1. The van der Waals surface area contributed by atoms with Crippen LogP contribution in [0.25, 0.3) is 0 Å². The minimum absolute atomic E-state index is 0.0192. The van der Waals surface area contributed by atoms with Crippen molar-refractivity contribution in [2.45, 2.75) is 40.3 Å². The lowest BCUT2D eigenvalue weighted by Crippen LogP contribution is -2.38. The molecule has 1 aromatic carbocycles. The Balaban J connectivity index is 2.95. The normalized spacial score (nSPS) is 13.6. The van der Waals surface area contributed by atoms with Gasteiger partial charge in [0.05, 0.1) is 4.92 Å². The number of anilines is 1. The molecule has 0 aliphatic rings. The molecule has 2 N–H and O–H groups in total. The number of nitrogens with zero attached hydrogens (tertiary/aromatic N) is 2. The number of nitro groups is 1. The largest absolute Gasteiger partial charge is 0.393 e. The van der Waals surface area contributed by atoms with Gasteiger partial charge >= 0.3 is 0 Å². The van der Waals surface area contributed by atoms with E-state index in [1.54, 1.807) is 6.07 Å². The summed E-state index contributed by atoms with van der Waals surface area (Å²) in [4.78, 5) is 12.6. The predicted molar refractivity (Wildman–Crippen MR) is 77.9 cm³/mol. The number of nitrogen functional groups attached to an aromatic ring is 1. The van der Waals surface area contributed by atoms with Gasteiger partial charge in [-0.05, 0) is 24.9 Å². The predicted octanol–water partition coefficient (Wildman–Crippen LogP) is 3.04. The summed E-state index contributed by atoms with van der Waals surface area (Å²) in [6, 6.07) is 5.30. The molecule has 0 radical (unpaired) electrons. The highest BCUT2D eigenvalue weighted by Gasteiger charge is 2.25. The quantitative estimate of drug-likeness (QED) is 0.516. The molecule has 1 unspecified atom stereocenters. The van der Waals surface area contributed by atoms with Crippen molar-refractivity contribution in [1.29, 1.82) is 0 Å². The van der Waals surface area contributed by atoms with Crippen LogP contribution in [-0.2, 0) is 6.54 Å². The Morgan fingerprint density at radius 2 is 2.00 bits per heavy atom. The summed E-state index contributed by atoms with van der Waals surface area (Å²) in [6.07, 6.45) is 0. The Labute approximate surface area is 114 Å². The van der Waals surface area contributed by atoms with Crippen molar-refractivity contribution in [2.24, 2.45) is 5.41 Å². The monoisotopic (exact) mass is 265 g/mol. The fourth-order valence-electron chi connectivity index (χ4n) is 1.96. The minimum Gasteiger partial charge on any atom is -0.393 e. The first-order valence-corrected chi connectivity index (χ1v) is 6.36. The maximum atomic E-state index is 10.9. The second kappa shape index (κ2) is 5.57. The molecular weight excluding hydrogens is 242 g/mol. The zero-order valence-corrected chi connectivity index (χ0v) is 12.3. The van der Waals surface area contributed by atoms with Crippen LogP contribution < -0.4 is 5.73 Å². The average Bonchev–Trinajstić information content (AvgIpc) is 2.29. The third kappa shape index (κ3) is 3.67. The number of para-hydroxylation sites is 1. The lowest BCUT2D eigenvalue weighted by Gasteiger charge is -2.35. The third-order valence-corrected chi connectivity index (χ3v) is 3.70. The van der Waals surface area contributed by atoms with Crippen molar-refractivity contribution in [3.63, 3.8) is 0 Å². The van der Waals surface area contributed by atoms with E-state index in [-0.39, 0.29) is 16.8 Å². The van der Waals surface area contributed by atoms with E-state index in [1.807, 2.05) is 13.1 Å². The highest BCUT2D eigenvalue weighted by Crippen LogP contribution is 2.28. The molecule has 1 aromatic rings. The van der Waals surface area contributed by atoms with Crippen LogP contribution in [0.5, 0.6) is 0 Å². The van der Waals surface area contributed by atoms with Gasteiger partial charge < -0.3 is 5.73 Å². The van der Waals surface area contributed by atoms with E-state index in [0.717, 1.165) is 5.56 Å². The molecule has 0 aliphatic heterocycles. The van der Waals surface area contributed by atoms with Crippen LogP contribution in [0.2, 0.25) is 0 Å². The molecule has 0 heterocycles. The van der Waals surface area contributed by atoms with Crippen molar-refractivity contribution >= 4 is 11.4 Å². The number of rotatable bonds is 4. The van der Waals surface area contributed by atoms with E-state index in [2.05, 4.69) is 32.6 Å². The zero-order valence-electron chi connectivity index (χ0n) is 12.3. The van der Waals surface area contributed by atoms with E-state index >= 15 is 0 Å². The zero-order chi connectivity index (χ0) is 14.8. The van der Waals surface area contributed by atoms with Gasteiger partial charge in [0, 0.05) is 18.7 Å². The van der Waals surface area contributed by atoms with Crippen LogP contribution in [0.1, 0.15) is 33.3 Å². The first kappa shape index (κ1) is 15.4. The Kier molecular flexibility index (Phi) is 4.52. The maximum absolute atomic E-state index is 10.9. The van der Waals surface area contributed by atoms with Crippen molar-refractivity contribution in [2.75, 3.05) is 12.8 Å². The Hall–Kier alpha value is -1.62. The summed E-state index contributed by atoms with van der Waals surface area (Å²) >= 11 is 0. The van der Waals surface area contributed by atoms with Crippen LogP contribution in [0.15, 0.2) is 18.2 Å². The fraction of sp³-hybridized carbons (Fsp3) is 0.571. The number of benzene rings is 1. The van der Waals surface area contributed by atoms with Gasteiger partial charge in [-0.2, -0.15) is 0 Å². The van der Waals surface area contributed by atoms with Crippen LogP contribution in [0.4, 0.5) is 11.4 Å². The van der Waals surface area contributed by atoms with Crippen molar-refractivity contribution in [1.82, 2.24) is 4.90 Å². The van der Waals surface area contributed by atoms with Gasteiger partial charge in [0.2, 0.25) is 0 Å². The first-order chi connectivity index (χ1) is 8.64. The summed E-state index contributed by atoms with van der Waals surface area (Å²) in [5.41, 5.74) is 7.06. The highest BCUT2D eigenvalue weighted by molar-refractivity contribution is 5.62. The summed E-state index contributed by atoms with van der Waals surface area (Å²) in [5.74, 6) is 0. The van der Waals surface area contributed by atoms with Gasteiger partial charge in [0.1, 0.15) is 5.69 Å². The molecular formula is C14H23N3O2. The van der Waals surface area contributed by atoms with E-state index in [0.29, 0.717) is 12.6 Å². The average molecular weight is 265 g/mol. The topological polar surface area (TPSA) is 72.4 Å². The smallest absolute Gasteiger partial charge is 0.292 e. The molecule has 5 heteroatoms. The number of nitro benzene ring substituents is 1. The molecule has 106 valence electrons. The van der Waals surface area contributed by atoms with E-state index in [4.69, 9.17) is 5.73 Å². The molecule has 19 heavy (non-hydrogen) atoms. The molecule has 0 fully saturated rings. The number of nitrogens with two attached hydrogens (primary N) is 1. The second-order valence-corrected chi connectivity index (χ2v) is 6.06. The van der Waals surface area contributed by atoms with Gasteiger partial charge in [-0.3, -0.25) is 15.0 Å². The van der Waals surface area contributed by atoms with Crippen LogP contribution in [0, 0.1) is 15.5 Å². The Morgan fingerprint density at radius 3 is 2.47 bits per heavy atom.